The van der Waals surface area contributed by atoms with E-state index in [1.807, 2.05) is 63.4 Å². The van der Waals surface area contributed by atoms with Crippen molar-refractivity contribution < 1.29 is 0 Å². The number of nitrogens with zero attached hydrogens (tertiary/aromatic N) is 6. The lowest BCUT2D eigenvalue weighted by molar-refractivity contribution is 0.402. The summed E-state index contributed by atoms with van der Waals surface area (Å²) in [6.45, 7) is 14.7. The Bertz CT molecular complexity index is 1780. The van der Waals surface area contributed by atoms with Crippen molar-refractivity contribution in [1.29, 1.82) is 0 Å². The number of hydrogen-bond donors (Lipinski definition) is 0. The van der Waals surface area contributed by atoms with E-state index in [0.717, 1.165) is 38.8 Å². The Hall–Kier alpha value is -5.36. The van der Waals surface area contributed by atoms with Gasteiger partial charge >= 0.3 is 0 Å². The van der Waals surface area contributed by atoms with Gasteiger partial charge in [0.1, 0.15) is 0 Å². The second kappa shape index (κ2) is 21.7. The van der Waals surface area contributed by atoms with E-state index in [1.54, 1.807) is 0 Å². The molecule has 0 saturated heterocycles. The second-order valence-corrected chi connectivity index (χ2v) is 14.6. The van der Waals surface area contributed by atoms with Crippen molar-refractivity contribution in [2.75, 3.05) is 22.9 Å². The molecule has 0 spiro atoms. The fourth-order valence-electron chi connectivity index (χ4n) is 8.04. The normalized spacial score (nSPS) is 12.0. The smallest absolute Gasteiger partial charge is 0.0441 e. The van der Waals surface area contributed by atoms with Crippen LogP contribution in [-0.2, 0) is 5.41 Å². The summed E-state index contributed by atoms with van der Waals surface area (Å²) >= 11 is 0. The minimum atomic E-state index is 0.0223. The quantitative estimate of drug-likeness (QED) is 0.0919. The first-order valence-corrected chi connectivity index (χ1v) is 20.9. The monoisotopic (exact) mass is 747 g/mol. The fourth-order valence-corrected chi connectivity index (χ4v) is 8.04. The number of fused-ring (bicyclic) bond motifs is 3. The van der Waals surface area contributed by atoms with Crippen LogP contribution >= 0.6 is 0 Å². The summed E-state index contributed by atoms with van der Waals surface area (Å²) in [6.07, 6.45) is 25.5. The minimum absolute atomic E-state index is 0.0223. The molecule has 0 unspecified atom stereocenters. The highest BCUT2D eigenvalue weighted by molar-refractivity contribution is 5.81. The van der Waals surface area contributed by atoms with Gasteiger partial charge < -0.3 is 9.80 Å². The molecule has 1 aliphatic rings. The molecule has 1 aliphatic carbocycles. The number of aromatic nitrogens is 4. The van der Waals surface area contributed by atoms with E-state index in [1.165, 1.54) is 88.2 Å². The van der Waals surface area contributed by atoms with Crippen molar-refractivity contribution >= 4 is 22.7 Å². The van der Waals surface area contributed by atoms with Crippen LogP contribution < -0.4 is 9.80 Å². The number of unbranched alkanes of at least 4 members (excludes halogenated alkanes) is 4. The zero-order chi connectivity index (χ0) is 39.6. The maximum atomic E-state index is 4.26. The lowest BCUT2D eigenvalue weighted by Crippen LogP contribution is -2.26. The number of anilines is 4. The van der Waals surface area contributed by atoms with Crippen molar-refractivity contribution in [1.82, 2.24) is 19.9 Å². The number of rotatable bonds is 16. The molecule has 292 valence electrons. The maximum Gasteiger partial charge on any atom is 0.0441 e. The molecule has 6 aromatic rings. The van der Waals surface area contributed by atoms with Gasteiger partial charge in [-0.15, -0.1) is 0 Å². The standard InChI is InChI=1S/C45H48N6.C3H8.C2H6/c1-35-9-11-41-42-12-10-36(2)34-44(42)45(43(41)33-35,21-5-3-7-31-50(37-13-23-46-24-14-37)38-15-25-47-26-16-38)22-6-4-8-32-51(39-17-27-48-28-18-39)40-19-29-49-30-20-40;1-3-2;1-2/h9-20,23-30,33-34H,3-8,21-22,31-32H2,1-2H3;3H2,1-2H3;1-2H3. The largest absolute Gasteiger partial charge is 0.341 e. The summed E-state index contributed by atoms with van der Waals surface area (Å²) in [7, 11) is 0. The van der Waals surface area contributed by atoms with Crippen LogP contribution in [0.2, 0.25) is 0 Å². The summed E-state index contributed by atoms with van der Waals surface area (Å²) in [4.78, 5) is 21.8. The zero-order valence-corrected chi connectivity index (χ0v) is 34.7. The first-order valence-electron chi connectivity index (χ1n) is 20.9. The van der Waals surface area contributed by atoms with E-state index in [4.69, 9.17) is 0 Å². The van der Waals surface area contributed by atoms with Crippen LogP contribution in [0.5, 0.6) is 0 Å². The van der Waals surface area contributed by atoms with Crippen molar-refractivity contribution in [3.63, 3.8) is 0 Å². The number of hydrogen-bond acceptors (Lipinski definition) is 6. The van der Waals surface area contributed by atoms with Gasteiger partial charge in [-0.3, -0.25) is 19.9 Å². The molecule has 4 heterocycles. The van der Waals surface area contributed by atoms with Gasteiger partial charge in [0.2, 0.25) is 0 Å². The summed E-state index contributed by atoms with van der Waals surface area (Å²) in [5.41, 5.74) is 13.3. The van der Waals surface area contributed by atoms with Crippen molar-refractivity contribution in [2.45, 2.75) is 105 Å². The van der Waals surface area contributed by atoms with E-state index < -0.39 is 0 Å². The molecule has 0 amide bonds. The molecule has 6 heteroatoms. The zero-order valence-electron chi connectivity index (χ0n) is 34.7. The average Bonchev–Trinajstić information content (AvgIpc) is 3.50. The Morgan fingerprint density at radius 2 is 0.732 bits per heavy atom. The van der Waals surface area contributed by atoms with E-state index in [-0.39, 0.29) is 5.41 Å². The molecule has 0 aliphatic heterocycles. The molecule has 4 aromatic heterocycles. The third-order valence-corrected chi connectivity index (χ3v) is 10.5. The van der Waals surface area contributed by atoms with Crippen molar-refractivity contribution in [2.24, 2.45) is 0 Å². The second-order valence-electron chi connectivity index (χ2n) is 14.6. The highest BCUT2D eigenvalue weighted by atomic mass is 15.1. The molecule has 7 rings (SSSR count). The van der Waals surface area contributed by atoms with Gasteiger partial charge in [0.15, 0.2) is 0 Å². The van der Waals surface area contributed by atoms with Gasteiger partial charge in [-0.1, -0.05) is 107 Å². The molecule has 0 radical (unpaired) electrons. The summed E-state index contributed by atoms with van der Waals surface area (Å²) in [5, 5.41) is 0. The van der Waals surface area contributed by atoms with Crippen molar-refractivity contribution in [3.8, 4) is 11.1 Å². The van der Waals surface area contributed by atoms with Gasteiger partial charge in [-0.05, 0) is 110 Å². The third-order valence-electron chi connectivity index (χ3n) is 10.5. The van der Waals surface area contributed by atoms with Gasteiger partial charge in [-0.2, -0.15) is 0 Å². The van der Waals surface area contributed by atoms with Crippen molar-refractivity contribution in [3.05, 3.63) is 157 Å². The lowest BCUT2D eigenvalue weighted by atomic mass is 9.70. The molecule has 2 aromatic carbocycles. The SMILES string of the molecule is CC.CCC.Cc1ccc2c(c1)C(CCCCCN(c1ccncc1)c1ccncc1)(CCCCCN(c1ccncc1)c1ccncc1)c1cc(C)ccc1-2. The van der Waals surface area contributed by atoms with Crippen LogP contribution in [0.3, 0.4) is 0 Å². The third kappa shape index (κ3) is 10.5. The van der Waals surface area contributed by atoms with Crippen LogP contribution in [0, 0.1) is 13.8 Å². The Morgan fingerprint density at radius 3 is 1.04 bits per heavy atom. The van der Waals surface area contributed by atoms with Crippen LogP contribution in [0.1, 0.15) is 108 Å². The molecule has 0 saturated carbocycles. The molecule has 0 atom stereocenters. The predicted molar refractivity (Wildman–Crippen MR) is 237 cm³/mol. The number of benzene rings is 2. The summed E-state index contributed by atoms with van der Waals surface area (Å²) < 4.78 is 0. The van der Waals surface area contributed by atoms with E-state index in [0.29, 0.717) is 0 Å². The Kier molecular flexibility index (Phi) is 16.2. The summed E-state index contributed by atoms with van der Waals surface area (Å²) in [6, 6.07) is 31.1. The maximum absolute atomic E-state index is 4.26. The van der Waals surface area contributed by atoms with E-state index in [2.05, 4.69) is 142 Å². The topological polar surface area (TPSA) is 58.0 Å². The first-order chi connectivity index (χ1) is 27.5. The lowest BCUT2D eigenvalue weighted by Gasteiger charge is -2.33. The van der Waals surface area contributed by atoms with E-state index >= 15 is 0 Å². The van der Waals surface area contributed by atoms with Gasteiger partial charge in [0, 0.05) is 90.8 Å². The van der Waals surface area contributed by atoms with Crippen LogP contribution in [0.15, 0.2) is 135 Å². The molecule has 56 heavy (non-hydrogen) atoms. The highest BCUT2D eigenvalue weighted by Gasteiger charge is 2.42. The van der Waals surface area contributed by atoms with Gasteiger partial charge in [0.05, 0.1) is 0 Å². The molecule has 0 N–H and O–H groups in total. The van der Waals surface area contributed by atoms with Gasteiger partial charge in [0.25, 0.3) is 0 Å². The molecular weight excluding hydrogens is 685 g/mol. The molecule has 0 fully saturated rings. The number of pyridine rings is 4. The Balaban J connectivity index is 0.00000115. The Labute approximate surface area is 337 Å². The highest BCUT2D eigenvalue weighted by Crippen LogP contribution is 2.54. The van der Waals surface area contributed by atoms with E-state index in [9.17, 15) is 0 Å². The van der Waals surface area contributed by atoms with Crippen LogP contribution in [-0.4, -0.2) is 33.0 Å². The first kappa shape index (κ1) is 41.8. The molecule has 0 bridgehead atoms. The van der Waals surface area contributed by atoms with Crippen LogP contribution in [0.25, 0.3) is 11.1 Å². The number of aryl methyl sites for hydroxylation is 2. The Morgan fingerprint density at radius 1 is 0.429 bits per heavy atom. The van der Waals surface area contributed by atoms with Gasteiger partial charge in [-0.25, -0.2) is 0 Å². The molecule has 6 nitrogen and oxygen atoms in total. The fraction of sp³-hybridized carbons (Fsp3) is 0.360. The minimum Gasteiger partial charge on any atom is -0.341 e. The molecular formula is C50H62N6. The summed E-state index contributed by atoms with van der Waals surface area (Å²) in [5.74, 6) is 0. The van der Waals surface area contributed by atoms with Crippen LogP contribution in [0.4, 0.5) is 22.7 Å². The average molecular weight is 747 g/mol. The predicted octanol–water partition coefficient (Wildman–Crippen LogP) is 13.4.